The van der Waals surface area contributed by atoms with E-state index < -0.39 is 5.41 Å². The predicted octanol–water partition coefficient (Wildman–Crippen LogP) is 4.29. The standard InChI is InChI=1S/C18H15/c1-4-10-16(11-5-1)18(14-8-3-9-15-18)17-12-6-2-7-13-17/h1-2,4-14H,3H2/q+1/i9D. The van der Waals surface area contributed by atoms with E-state index in [0.29, 0.717) is 12.5 Å². The van der Waals surface area contributed by atoms with Crippen LogP contribution in [0, 0.1) is 6.08 Å². The van der Waals surface area contributed by atoms with E-state index in [0.717, 1.165) is 11.1 Å². The van der Waals surface area contributed by atoms with Crippen molar-refractivity contribution in [3.63, 3.8) is 0 Å². The molecule has 1 aliphatic rings. The summed E-state index contributed by atoms with van der Waals surface area (Å²) in [5.74, 6) is 0. The first-order chi connectivity index (χ1) is 9.31. The highest BCUT2D eigenvalue weighted by molar-refractivity contribution is 5.48. The molecule has 0 nitrogen and oxygen atoms in total. The first-order valence-corrected chi connectivity index (χ1v) is 6.21. The van der Waals surface area contributed by atoms with E-state index in [9.17, 15) is 0 Å². The first-order valence-electron chi connectivity index (χ1n) is 6.71. The summed E-state index contributed by atoms with van der Waals surface area (Å²) in [7, 11) is 0. The Morgan fingerprint density at radius 2 is 1.44 bits per heavy atom. The van der Waals surface area contributed by atoms with Gasteiger partial charge in [0.05, 0.1) is 0 Å². The van der Waals surface area contributed by atoms with E-state index in [4.69, 9.17) is 1.37 Å². The molecule has 86 valence electrons. The predicted molar refractivity (Wildman–Crippen MR) is 75.2 cm³/mol. The maximum absolute atomic E-state index is 7.98. The molecule has 1 aliphatic carbocycles. The van der Waals surface area contributed by atoms with Gasteiger partial charge in [0.25, 0.3) is 5.41 Å². The molecule has 0 amide bonds. The summed E-state index contributed by atoms with van der Waals surface area (Å²) in [6.45, 7) is 0. The smallest absolute Gasteiger partial charge is 0.0740 e. The van der Waals surface area contributed by atoms with Crippen molar-refractivity contribution < 1.29 is 1.37 Å². The third kappa shape index (κ3) is 1.77. The molecule has 2 aromatic carbocycles. The van der Waals surface area contributed by atoms with Gasteiger partial charge in [-0.15, -0.1) is 0 Å². The average molecular weight is 232 g/mol. The second kappa shape index (κ2) is 4.60. The Kier molecular flexibility index (Phi) is 2.51. The summed E-state index contributed by atoms with van der Waals surface area (Å²) in [5.41, 5.74) is 1.89. The van der Waals surface area contributed by atoms with Crippen molar-refractivity contribution in [1.82, 2.24) is 0 Å². The van der Waals surface area contributed by atoms with Crippen LogP contribution in [0.2, 0.25) is 0 Å². The summed E-state index contributed by atoms with van der Waals surface area (Å²) in [6.07, 6.45) is 8.26. The van der Waals surface area contributed by atoms with E-state index in [1.807, 2.05) is 36.4 Å². The highest BCUT2D eigenvalue weighted by atomic mass is 14.3. The summed E-state index contributed by atoms with van der Waals surface area (Å²) in [4.78, 5) is 0. The minimum atomic E-state index is -0.419. The van der Waals surface area contributed by atoms with Gasteiger partial charge in [-0.3, -0.25) is 0 Å². The van der Waals surface area contributed by atoms with Crippen LogP contribution in [0.1, 0.15) is 18.9 Å². The van der Waals surface area contributed by atoms with Crippen molar-refractivity contribution in [2.24, 2.45) is 0 Å². The maximum Gasteiger partial charge on any atom is 0.253 e. The Hall–Kier alpha value is -2.17. The average Bonchev–Trinajstić information content (AvgIpc) is 2.49. The van der Waals surface area contributed by atoms with Crippen LogP contribution < -0.4 is 0 Å². The molecule has 18 heavy (non-hydrogen) atoms. The molecule has 0 radical (unpaired) electrons. The lowest BCUT2D eigenvalue weighted by Gasteiger charge is -2.19. The molecule has 0 saturated carbocycles. The van der Waals surface area contributed by atoms with Gasteiger partial charge in [0.1, 0.15) is 1.37 Å². The molecule has 2 aromatic rings. The van der Waals surface area contributed by atoms with Crippen molar-refractivity contribution >= 4 is 0 Å². The van der Waals surface area contributed by atoms with Gasteiger partial charge in [0, 0.05) is 17.5 Å². The van der Waals surface area contributed by atoms with E-state index in [1.165, 1.54) is 0 Å². The Morgan fingerprint density at radius 1 is 0.889 bits per heavy atom. The highest BCUT2D eigenvalue weighted by Gasteiger charge is 2.42. The zero-order valence-electron chi connectivity index (χ0n) is 11.1. The van der Waals surface area contributed by atoms with Gasteiger partial charge in [0.2, 0.25) is 6.08 Å². The molecule has 0 unspecified atom stereocenters. The summed E-state index contributed by atoms with van der Waals surface area (Å²) in [6, 6.07) is 21.1. The van der Waals surface area contributed by atoms with Gasteiger partial charge < -0.3 is 0 Å². The van der Waals surface area contributed by atoms with E-state index in [-0.39, 0.29) is 0 Å². The van der Waals surface area contributed by atoms with Crippen LogP contribution >= 0.6 is 0 Å². The Bertz CT molecular complexity index is 569. The van der Waals surface area contributed by atoms with Crippen LogP contribution in [-0.4, -0.2) is 0 Å². The fourth-order valence-corrected chi connectivity index (χ4v) is 2.43. The zero-order valence-corrected chi connectivity index (χ0v) is 10.1. The fourth-order valence-electron chi connectivity index (χ4n) is 2.43. The molecule has 0 fully saturated rings. The van der Waals surface area contributed by atoms with Gasteiger partial charge in [-0.05, 0) is 6.08 Å². The quantitative estimate of drug-likeness (QED) is 0.535. The molecule has 0 saturated heterocycles. The molecule has 0 spiro atoms. The second-order valence-corrected chi connectivity index (χ2v) is 4.45. The Labute approximate surface area is 110 Å². The number of hydrogen-bond acceptors (Lipinski definition) is 0. The van der Waals surface area contributed by atoms with Crippen LogP contribution in [0.5, 0.6) is 0 Å². The summed E-state index contributed by atoms with van der Waals surface area (Å²) in [5, 5.41) is 0. The van der Waals surface area contributed by atoms with Gasteiger partial charge in [-0.25, -0.2) is 0 Å². The molecule has 0 aliphatic heterocycles. The minimum Gasteiger partial charge on any atom is -0.0740 e. The molecule has 0 atom stereocenters. The lowest BCUT2D eigenvalue weighted by Crippen LogP contribution is -2.24. The molecule has 0 heteroatoms. The molecule has 0 N–H and O–H groups in total. The fraction of sp³-hybridized carbons (Fsp3) is 0.111. The summed E-state index contributed by atoms with van der Waals surface area (Å²) < 4.78 is 7.98. The molecule has 0 aromatic heterocycles. The molecule has 3 rings (SSSR count). The van der Waals surface area contributed by atoms with Crippen LogP contribution in [0.15, 0.2) is 78.9 Å². The monoisotopic (exact) mass is 232 g/mol. The molecular weight excluding hydrogens is 216 g/mol. The SMILES string of the molecule is [2H]C1=[C+]C(c2ccccc2)(c2ccccc2)C=CC1. The molecule has 0 bridgehead atoms. The van der Waals surface area contributed by atoms with Crippen LogP contribution in [0.3, 0.4) is 0 Å². The molecular formula is C18H15+. The first kappa shape index (κ1) is 9.82. The largest absolute Gasteiger partial charge is 0.253 e. The topological polar surface area (TPSA) is 0 Å². The van der Waals surface area contributed by atoms with Crippen LogP contribution in [-0.2, 0) is 5.41 Å². The zero-order chi connectivity index (χ0) is 13.1. The normalized spacial score (nSPS) is 17.6. The number of benzene rings is 2. The van der Waals surface area contributed by atoms with Crippen molar-refractivity contribution in [3.8, 4) is 0 Å². The van der Waals surface area contributed by atoms with Crippen LogP contribution in [0.25, 0.3) is 0 Å². The number of hydrogen-bond donors (Lipinski definition) is 0. The second-order valence-electron chi connectivity index (χ2n) is 4.45. The van der Waals surface area contributed by atoms with E-state index in [2.05, 4.69) is 42.5 Å². The van der Waals surface area contributed by atoms with Gasteiger partial charge in [0.15, 0.2) is 6.05 Å². The van der Waals surface area contributed by atoms with Gasteiger partial charge >= 0.3 is 0 Å². The maximum atomic E-state index is 7.98. The van der Waals surface area contributed by atoms with Crippen molar-refractivity contribution in [2.45, 2.75) is 11.8 Å². The van der Waals surface area contributed by atoms with Crippen molar-refractivity contribution in [1.29, 1.82) is 0 Å². The number of allylic oxidation sites excluding steroid dienone is 4. The van der Waals surface area contributed by atoms with Crippen molar-refractivity contribution in [2.75, 3.05) is 0 Å². The number of rotatable bonds is 2. The third-order valence-electron chi connectivity index (χ3n) is 3.33. The van der Waals surface area contributed by atoms with E-state index >= 15 is 0 Å². The Morgan fingerprint density at radius 3 is 1.94 bits per heavy atom. The van der Waals surface area contributed by atoms with Crippen LogP contribution in [0.4, 0.5) is 0 Å². The minimum absolute atomic E-state index is 0.419. The highest BCUT2D eigenvalue weighted by Crippen LogP contribution is 2.36. The molecule has 0 heterocycles. The lowest BCUT2D eigenvalue weighted by molar-refractivity contribution is 0.771. The Balaban J connectivity index is 2.23. The third-order valence-corrected chi connectivity index (χ3v) is 3.33. The van der Waals surface area contributed by atoms with Gasteiger partial charge in [-0.2, -0.15) is 0 Å². The van der Waals surface area contributed by atoms with E-state index in [1.54, 1.807) is 0 Å². The lowest BCUT2D eigenvalue weighted by atomic mass is 9.72. The summed E-state index contributed by atoms with van der Waals surface area (Å²) >= 11 is 0. The van der Waals surface area contributed by atoms with Gasteiger partial charge in [-0.1, -0.05) is 66.7 Å². The van der Waals surface area contributed by atoms with Crippen molar-refractivity contribution in [3.05, 3.63) is 96.1 Å².